The summed E-state index contributed by atoms with van der Waals surface area (Å²) in [6.45, 7) is 0. The molecule has 4 atom stereocenters. The Morgan fingerprint density at radius 2 is 1.15 bits per heavy atom. The molecule has 0 heterocycles. The molecular formula is C17H24ClNS. The molecule has 3 spiro atoms. The minimum Gasteiger partial charge on any atom is -0.237 e. The smallest absolute Gasteiger partial charge is 0.000695 e. The Morgan fingerprint density at radius 3 is 1.40 bits per heavy atom. The second kappa shape index (κ2) is 2.99. The Kier molecular flexibility index (Phi) is 1.81. The van der Waals surface area contributed by atoms with Crippen molar-refractivity contribution in [3.05, 3.63) is 0 Å². The number of halogens is 1. The third kappa shape index (κ3) is 0.593. The van der Waals surface area contributed by atoms with E-state index < -0.39 is 0 Å². The monoisotopic (exact) mass is 309 g/mol. The summed E-state index contributed by atoms with van der Waals surface area (Å²) in [6, 6.07) is 0. The third-order valence-corrected chi connectivity index (χ3v) is 10.2. The van der Waals surface area contributed by atoms with Crippen molar-refractivity contribution in [3.63, 3.8) is 0 Å². The molecule has 3 heteroatoms. The number of thiol groups is 1. The van der Waals surface area contributed by atoms with Gasteiger partial charge in [0.1, 0.15) is 0 Å². The standard InChI is InChI=1S/C15H16.CH4ClN.CH4S/c1-5-2-8-12-10-4-6-3-9-11-7(1)13(5,8)15(11,12)14(6,9)10;1-3-2;1-2/h5-12H,1-4H2;3H,1H3;2H,1H3. The van der Waals surface area contributed by atoms with E-state index in [4.69, 9.17) is 11.8 Å². The molecule has 8 saturated carbocycles. The van der Waals surface area contributed by atoms with Gasteiger partial charge in [-0.25, -0.2) is 4.84 Å². The number of fused-ring (bicyclic) bond motifs is 4. The van der Waals surface area contributed by atoms with Crippen molar-refractivity contribution in [2.24, 2.45) is 63.6 Å². The molecule has 4 unspecified atom stereocenters. The van der Waals surface area contributed by atoms with Crippen molar-refractivity contribution in [2.45, 2.75) is 25.7 Å². The molecule has 0 radical (unpaired) electrons. The number of hydrogen-bond donors (Lipinski definition) is 2. The van der Waals surface area contributed by atoms with Crippen molar-refractivity contribution >= 4 is 24.4 Å². The molecule has 1 nitrogen and oxygen atoms in total. The molecule has 8 fully saturated rings. The second-order valence-electron chi connectivity index (χ2n) is 8.74. The van der Waals surface area contributed by atoms with Crippen LogP contribution in [0.15, 0.2) is 0 Å². The summed E-state index contributed by atoms with van der Waals surface area (Å²) in [6.07, 6.45) is 8.46. The average Bonchev–Trinajstić information content (AvgIpc) is 2.36. The quantitative estimate of drug-likeness (QED) is 0.516. The minimum atomic E-state index is 1.08. The largest absolute Gasteiger partial charge is 0.237 e. The zero-order valence-electron chi connectivity index (χ0n) is 12.3. The van der Waals surface area contributed by atoms with E-state index in [1.165, 1.54) is 47.3 Å². The number of hydrogen-bond acceptors (Lipinski definition) is 2. The van der Waals surface area contributed by atoms with Gasteiger partial charge < -0.3 is 0 Å². The van der Waals surface area contributed by atoms with Gasteiger partial charge in [0, 0.05) is 0 Å². The maximum absolute atomic E-state index is 4.75. The van der Waals surface area contributed by atoms with Crippen molar-refractivity contribution in [2.75, 3.05) is 13.3 Å². The molecule has 0 saturated heterocycles. The molecule has 0 aromatic carbocycles. The lowest BCUT2D eigenvalue weighted by Crippen LogP contribution is -3.13. The summed E-state index contributed by atoms with van der Waals surface area (Å²) >= 11 is 8.28. The topological polar surface area (TPSA) is 12.0 Å². The molecular weight excluding hydrogens is 286 g/mol. The maximum atomic E-state index is 4.75. The van der Waals surface area contributed by atoms with Crippen LogP contribution in [0.4, 0.5) is 0 Å². The van der Waals surface area contributed by atoms with Crippen LogP contribution in [0.3, 0.4) is 0 Å². The summed E-state index contributed by atoms with van der Waals surface area (Å²) < 4.78 is 0. The Morgan fingerprint density at radius 1 is 0.850 bits per heavy atom. The zero-order chi connectivity index (χ0) is 13.7. The SMILES string of the molecule is C1C2CC3C4C5CC6CC7C8C1C23C84C675.CNCl.CS. The minimum absolute atomic E-state index is 1.08. The Bertz CT molecular complexity index is 459. The van der Waals surface area contributed by atoms with Gasteiger partial charge in [0.15, 0.2) is 0 Å². The molecule has 0 aliphatic heterocycles. The van der Waals surface area contributed by atoms with Gasteiger partial charge >= 0.3 is 0 Å². The lowest BCUT2D eigenvalue weighted by molar-refractivity contribution is -0.705. The van der Waals surface area contributed by atoms with E-state index in [-0.39, 0.29) is 0 Å². The van der Waals surface area contributed by atoms with E-state index in [0.29, 0.717) is 0 Å². The van der Waals surface area contributed by atoms with Crippen LogP contribution < -0.4 is 4.84 Å². The van der Waals surface area contributed by atoms with Gasteiger partial charge in [0.25, 0.3) is 0 Å². The van der Waals surface area contributed by atoms with Gasteiger partial charge in [0.2, 0.25) is 0 Å². The van der Waals surface area contributed by atoms with Gasteiger partial charge in [-0.2, -0.15) is 12.6 Å². The molecule has 20 heavy (non-hydrogen) atoms. The number of nitrogens with one attached hydrogen (secondary N) is 1. The van der Waals surface area contributed by atoms with Gasteiger partial charge in [-0.3, -0.25) is 0 Å². The van der Waals surface area contributed by atoms with Crippen LogP contribution in [0, 0.1) is 63.6 Å². The summed E-state index contributed by atoms with van der Waals surface area (Å²) in [4.78, 5) is 2.22. The molecule has 8 rings (SSSR count). The highest BCUT2D eigenvalue weighted by Crippen LogP contribution is 3.17. The molecule has 0 aromatic heterocycles. The van der Waals surface area contributed by atoms with Crippen LogP contribution in [-0.4, -0.2) is 13.3 Å². The lowest BCUT2D eigenvalue weighted by atomic mass is 8.87. The molecule has 8 aliphatic rings. The van der Waals surface area contributed by atoms with Crippen molar-refractivity contribution < 1.29 is 0 Å². The van der Waals surface area contributed by atoms with Gasteiger partial charge in [-0.05, 0) is 114 Å². The van der Waals surface area contributed by atoms with Crippen LogP contribution in [0.25, 0.3) is 0 Å². The normalized spacial score (nSPS) is 78.0. The molecule has 0 bridgehead atoms. The third-order valence-electron chi connectivity index (χ3n) is 10.2. The summed E-state index contributed by atoms with van der Waals surface area (Å²) in [5.41, 5.74) is 3.25. The summed E-state index contributed by atoms with van der Waals surface area (Å²) in [7, 11) is 1.64. The fourth-order valence-corrected chi connectivity index (χ4v) is 11.0. The second-order valence-corrected chi connectivity index (χ2v) is 9.12. The van der Waals surface area contributed by atoms with E-state index in [0.717, 1.165) is 16.2 Å². The first-order valence-electron chi connectivity index (χ1n) is 8.54. The Labute approximate surface area is 132 Å². The summed E-state index contributed by atoms with van der Waals surface area (Å²) in [5.74, 6) is 10.4. The molecule has 110 valence electrons. The predicted octanol–water partition coefficient (Wildman–Crippen LogP) is 3.45. The fourth-order valence-electron chi connectivity index (χ4n) is 11.0. The van der Waals surface area contributed by atoms with Gasteiger partial charge in [0.05, 0.1) is 0 Å². The van der Waals surface area contributed by atoms with Crippen LogP contribution in [0.2, 0.25) is 0 Å². The van der Waals surface area contributed by atoms with E-state index in [1.54, 1.807) is 39.0 Å². The molecule has 0 amide bonds. The van der Waals surface area contributed by atoms with Crippen molar-refractivity contribution in [3.8, 4) is 0 Å². The molecule has 8 aliphatic carbocycles. The van der Waals surface area contributed by atoms with Crippen molar-refractivity contribution in [1.82, 2.24) is 4.84 Å². The maximum Gasteiger partial charge on any atom is -0.000695 e. The van der Waals surface area contributed by atoms with E-state index in [2.05, 4.69) is 17.5 Å². The van der Waals surface area contributed by atoms with Crippen molar-refractivity contribution in [1.29, 1.82) is 0 Å². The first-order chi connectivity index (χ1) is 9.82. The predicted molar refractivity (Wildman–Crippen MR) is 83.5 cm³/mol. The molecule has 0 aromatic rings. The van der Waals surface area contributed by atoms with Crippen LogP contribution in [-0.2, 0) is 0 Å². The Hall–Kier alpha value is 0.600. The highest BCUT2D eigenvalue weighted by atomic mass is 35.5. The van der Waals surface area contributed by atoms with E-state index in [9.17, 15) is 0 Å². The fraction of sp³-hybridized carbons (Fsp3) is 1.00. The average molecular weight is 310 g/mol. The molecule has 1 N–H and O–H groups in total. The van der Waals surface area contributed by atoms with Gasteiger partial charge in [-0.15, -0.1) is 0 Å². The van der Waals surface area contributed by atoms with Crippen LogP contribution in [0.5, 0.6) is 0 Å². The Balaban J connectivity index is 0.000000163. The van der Waals surface area contributed by atoms with E-state index in [1.807, 2.05) is 0 Å². The highest BCUT2D eigenvalue weighted by Gasteiger charge is 3.13. The van der Waals surface area contributed by atoms with Crippen LogP contribution >= 0.6 is 24.4 Å². The first-order valence-corrected chi connectivity index (χ1v) is 9.82. The van der Waals surface area contributed by atoms with Crippen LogP contribution in [0.1, 0.15) is 25.7 Å². The highest BCUT2D eigenvalue weighted by molar-refractivity contribution is 7.79. The first kappa shape index (κ1) is 12.1. The lowest BCUT2D eigenvalue weighted by Gasteiger charge is -3.17. The van der Waals surface area contributed by atoms with Gasteiger partial charge in [-0.1, -0.05) is 0 Å². The summed E-state index contributed by atoms with van der Waals surface area (Å²) in [5, 5.41) is 0. The van der Waals surface area contributed by atoms with E-state index >= 15 is 0 Å². The zero-order valence-corrected chi connectivity index (χ0v) is 13.9. The number of rotatable bonds is 0.